The van der Waals surface area contributed by atoms with Crippen LogP contribution in [0.4, 0.5) is 14.4 Å². The van der Waals surface area contributed by atoms with Gasteiger partial charge in [0, 0.05) is 38.1 Å². The van der Waals surface area contributed by atoms with E-state index in [0.717, 1.165) is 86.5 Å². The van der Waals surface area contributed by atoms with E-state index < -0.39 is 23.4 Å². The number of hydrogen-bond donors (Lipinski definition) is 3. The molecule has 0 bridgehead atoms. The second-order valence-electron chi connectivity index (χ2n) is 23.2. The van der Waals surface area contributed by atoms with Gasteiger partial charge >= 0.3 is 18.3 Å². The molecule has 0 heterocycles. The van der Waals surface area contributed by atoms with Crippen molar-refractivity contribution >= 4 is 18.3 Å². The van der Waals surface area contributed by atoms with Crippen LogP contribution in [0.3, 0.4) is 0 Å². The van der Waals surface area contributed by atoms with E-state index in [4.69, 9.17) is 14.2 Å². The number of unbranched alkanes of at least 4 members (excludes halogenated alkanes) is 1. The van der Waals surface area contributed by atoms with E-state index in [1.807, 2.05) is 46.4 Å². The van der Waals surface area contributed by atoms with E-state index in [0.29, 0.717) is 31.5 Å². The molecule has 11 atom stereocenters. The van der Waals surface area contributed by atoms with Crippen molar-refractivity contribution in [3.05, 3.63) is 11.6 Å². The SMILES string of the molecule is CC[C@H](CC[C@@H](C)[C@H]1CC[C@H]2[C@@H]3CC=C4C[C@@H](OC(=O)N(CCCCNC(C)CCNC(=O)OC(C)(C)C)C(C)CCNC(=O)OC(C)(C)C)CC[C@]4(C)[C@H]3CC[C@]12C)C(C)C. The fourth-order valence-electron chi connectivity index (χ4n) is 12.5. The molecule has 0 saturated heterocycles. The van der Waals surface area contributed by atoms with E-state index in [9.17, 15) is 14.4 Å². The quantitative estimate of drug-likeness (QED) is 0.0633. The molecule has 358 valence electrons. The molecule has 0 spiro atoms. The third-order valence-corrected chi connectivity index (χ3v) is 16.1. The molecule has 0 aromatic heterocycles. The number of rotatable bonds is 20. The first-order valence-electron chi connectivity index (χ1n) is 25.3. The minimum Gasteiger partial charge on any atom is -0.446 e. The molecule has 0 aromatic rings. The van der Waals surface area contributed by atoms with Gasteiger partial charge in [-0.3, -0.25) is 0 Å². The summed E-state index contributed by atoms with van der Waals surface area (Å²) in [7, 11) is 0. The minimum absolute atomic E-state index is 0.117. The Morgan fingerprint density at radius 2 is 1.44 bits per heavy atom. The zero-order chi connectivity index (χ0) is 46.0. The predicted molar refractivity (Wildman–Crippen MR) is 253 cm³/mol. The van der Waals surface area contributed by atoms with Crippen molar-refractivity contribution < 1.29 is 28.6 Å². The lowest BCUT2D eigenvalue weighted by Gasteiger charge is -2.58. The molecular formula is C52H94N4O6. The average molecular weight is 871 g/mol. The Labute approximate surface area is 379 Å². The molecule has 2 unspecified atom stereocenters. The molecule has 10 heteroatoms. The summed E-state index contributed by atoms with van der Waals surface area (Å²) >= 11 is 0. The maximum atomic E-state index is 14.1. The van der Waals surface area contributed by atoms with Crippen molar-refractivity contribution in [3.8, 4) is 0 Å². The lowest BCUT2D eigenvalue weighted by molar-refractivity contribution is -0.0599. The van der Waals surface area contributed by atoms with Crippen LogP contribution in [0.15, 0.2) is 11.6 Å². The highest BCUT2D eigenvalue weighted by atomic mass is 16.6. The standard InChI is InChI=1S/C52H94N4O6/c1-15-39(35(2)3)19-18-36(4)43-22-23-44-42-21-20-40-34-41(24-28-51(40,13)45(42)25-29-52(43,44)14)60-48(59)56(38(6)27-32-55-47(58)62-50(10,11)12)33-17-16-30-53-37(5)26-31-54-46(57)61-49(7,8)9/h20,35-39,41-45,53H,15-19,21-34H2,1-14H3,(H,54,57)(H,55,58)/t36-,37?,38?,39-,41+,42+,43-,44+,45+,51+,52-/m1/s1. The van der Waals surface area contributed by atoms with Crippen LogP contribution in [0.2, 0.25) is 0 Å². The fraction of sp³-hybridized carbons (Fsp3) is 0.904. The molecule has 62 heavy (non-hydrogen) atoms. The molecule has 4 aliphatic rings. The molecule has 3 amide bonds. The minimum atomic E-state index is -0.572. The second kappa shape index (κ2) is 22.6. The Morgan fingerprint density at radius 3 is 2.05 bits per heavy atom. The first kappa shape index (κ1) is 52.1. The van der Waals surface area contributed by atoms with Gasteiger partial charge in [0.15, 0.2) is 0 Å². The van der Waals surface area contributed by atoms with Crippen LogP contribution in [0, 0.1) is 52.3 Å². The summed E-state index contributed by atoms with van der Waals surface area (Å²) in [4.78, 5) is 40.4. The zero-order valence-electron chi connectivity index (χ0n) is 42.2. The van der Waals surface area contributed by atoms with Crippen LogP contribution in [0.1, 0.15) is 193 Å². The number of ether oxygens (including phenoxy) is 3. The normalized spacial score (nSPS) is 29.2. The van der Waals surface area contributed by atoms with Gasteiger partial charge in [0.25, 0.3) is 0 Å². The molecule has 3 N–H and O–H groups in total. The lowest BCUT2D eigenvalue weighted by atomic mass is 9.47. The van der Waals surface area contributed by atoms with Gasteiger partial charge in [0.1, 0.15) is 17.3 Å². The number of carbonyl (C=O) groups is 3. The van der Waals surface area contributed by atoms with E-state index in [2.05, 4.69) is 77.4 Å². The van der Waals surface area contributed by atoms with Crippen molar-refractivity contribution in [2.45, 2.75) is 223 Å². The third-order valence-electron chi connectivity index (χ3n) is 16.1. The number of alkyl carbamates (subject to hydrolysis) is 2. The van der Waals surface area contributed by atoms with Gasteiger partial charge in [0.2, 0.25) is 0 Å². The smallest absolute Gasteiger partial charge is 0.410 e. The fourth-order valence-corrected chi connectivity index (χ4v) is 12.5. The van der Waals surface area contributed by atoms with Crippen LogP contribution in [-0.2, 0) is 14.2 Å². The number of nitrogens with zero attached hydrogens (tertiary/aromatic N) is 1. The molecule has 0 aliphatic heterocycles. The highest BCUT2D eigenvalue weighted by molar-refractivity contribution is 5.69. The molecule has 3 fully saturated rings. The summed E-state index contributed by atoms with van der Waals surface area (Å²) in [5.41, 5.74) is 1.11. The summed E-state index contributed by atoms with van der Waals surface area (Å²) in [6, 6.07) is 0.102. The summed E-state index contributed by atoms with van der Waals surface area (Å²) < 4.78 is 17.2. The molecule has 0 aromatic carbocycles. The summed E-state index contributed by atoms with van der Waals surface area (Å²) in [6.07, 6.45) is 18.1. The third kappa shape index (κ3) is 14.5. The van der Waals surface area contributed by atoms with Gasteiger partial charge in [-0.15, -0.1) is 0 Å². The van der Waals surface area contributed by atoms with Crippen molar-refractivity contribution in [1.29, 1.82) is 0 Å². The lowest BCUT2D eigenvalue weighted by Crippen LogP contribution is -2.51. The van der Waals surface area contributed by atoms with E-state index in [1.54, 1.807) is 0 Å². The Hall–Kier alpha value is -2.49. The van der Waals surface area contributed by atoms with E-state index >= 15 is 0 Å². The highest BCUT2D eigenvalue weighted by Crippen LogP contribution is 2.67. The van der Waals surface area contributed by atoms with Gasteiger partial charge in [-0.1, -0.05) is 66.0 Å². The number of nitrogens with one attached hydrogen (secondary N) is 3. The molecule has 4 rings (SSSR count). The summed E-state index contributed by atoms with van der Waals surface area (Å²) in [5.74, 6) is 5.61. The van der Waals surface area contributed by atoms with Crippen LogP contribution >= 0.6 is 0 Å². The molecule has 3 saturated carbocycles. The highest BCUT2D eigenvalue weighted by Gasteiger charge is 2.59. The van der Waals surface area contributed by atoms with Crippen molar-refractivity contribution in [2.24, 2.45) is 52.3 Å². The molecular weight excluding hydrogens is 777 g/mol. The largest absolute Gasteiger partial charge is 0.446 e. The first-order valence-corrected chi connectivity index (χ1v) is 25.3. The Balaban J connectivity index is 1.32. The van der Waals surface area contributed by atoms with Gasteiger partial charge < -0.3 is 35.1 Å². The molecule has 0 radical (unpaired) electrons. The van der Waals surface area contributed by atoms with Crippen LogP contribution in [0.5, 0.6) is 0 Å². The maximum Gasteiger partial charge on any atom is 0.410 e. The van der Waals surface area contributed by atoms with Crippen molar-refractivity contribution in [3.63, 3.8) is 0 Å². The Morgan fingerprint density at radius 1 is 0.790 bits per heavy atom. The van der Waals surface area contributed by atoms with Crippen molar-refractivity contribution in [1.82, 2.24) is 20.9 Å². The van der Waals surface area contributed by atoms with Crippen LogP contribution < -0.4 is 16.0 Å². The van der Waals surface area contributed by atoms with E-state index in [1.165, 1.54) is 56.9 Å². The first-order chi connectivity index (χ1) is 29.0. The Kier molecular flexibility index (Phi) is 19.0. The van der Waals surface area contributed by atoms with Gasteiger partial charge in [0.05, 0.1) is 0 Å². The van der Waals surface area contributed by atoms with Crippen LogP contribution in [0.25, 0.3) is 0 Å². The van der Waals surface area contributed by atoms with E-state index in [-0.39, 0.29) is 29.7 Å². The number of hydrogen-bond acceptors (Lipinski definition) is 7. The molecule has 10 nitrogen and oxygen atoms in total. The number of fused-ring (bicyclic) bond motifs is 5. The monoisotopic (exact) mass is 871 g/mol. The summed E-state index contributed by atoms with van der Waals surface area (Å²) in [6.45, 7) is 32.7. The maximum absolute atomic E-state index is 14.1. The van der Waals surface area contributed by atoms with Gasteiger partial charge in [-0.25, -0.2) is 14.4 Å². The number of carbonyl (C=O) groups excluding carboxylic acids is 3. The van der Waals surface area contributed by atoms with Crippen molar-refractivity contribution in [2.75, 3.05) is 26.2 Å². The zero-order valence-corrected chi connectivity index (χ0v) is 42.2. The average Bonchev–Trinajstić information content (AvgIpc) is 3.52. The summed E-state index contributed by atoms with van der Waals surface area (Å²) in [5, 5.41) is 9.27. The predicted octanol–water partition coefficient (Wildman–Crippen LogP) is 12.4. The van der Waals surface area contributed by atoms with Gasteiger partial charge in [-0.2, -0.15) is 0 Å². The number of allylic oxidation sites excluding steroid dienone is 1. The van der Waals surface area contributed by atoms with Gasteiger partial charge in [-0.05, 0) is 191 Å². The number of amides is 3. The Bertz CT molecular complexity index is 1470. The topological polar surface area (TPSA) is 118 Å². The van der Waals surface area contributed by atoms with Crippen LogP contribution in [-0.4, -0.2) is 78.7 Å². The molecule has 4 aliphatic carbocycles. The second-order valence-corrected chi connectivity index (χ2v) is 23.2.